The maximum atomic E-state index is 2.49. The first kappa shape index (κ1) is 18.8. The first-order valence-electron chi connectivity index (χ1n) is 11.1. The summed E-state index contributed by atoms with van der Waals surface area (Å²) in [6, 6.07) is 0. The number of hydrogen-bond donors (Lipinski definition) is 0. The van der Waals surface area contributed by atoms with Gasteiger partial charge in [0.15, 0.2) is 0 Å². The molecule has 0 N–H and O–H groups in total. The Bertz CT molecular complexity index is 403. The summed E-state index contributed by atoms with van der Waals surface area (Å²) in [5, 5.41) is 0. The predicted molar refractivity (Wildman–Crippen MR) is 106 cm³/mol. The van der Waals surface area contributed by atoms with E-state index in [-0.39, 0.29) is 0 Å². The SMILES string of the molecule is CC[C@@H]1[C@H](C)C[C@@H]2C[C@H]1C2(C)C.CC[C@@H]1[C@H](C)C[C@@H]2C[C@H]1C2(C)C. The zero-order valence-electron chi connectivity index (χ0n) is 17.9. The molecular weight excluding hydrogens is 288 g/mol. The van der Waals surface area contributed by atoms with Gasteiger partial charge in [0.25, 0.3) is 0 Å². The van der Waals surface area contributed by atoms with Crippen LogP contribution in [0.2, 0.25) is 0 Å². The molecule has 0 radical (unpaired) electrons. The molecule has 6 fully saturated rings. The minimum Gasteiger partial charge on any atom is -0.0651 e. The van der Waals surface area contributed by atoms with Gasteiger partial charge in [-0.3, -0.25) is 0 Å². The Morgan fingerprint density at radius 2 is 0.958 bits per heavy atom. The standard InChI is InChI=1S/2C12H22/c2*1-5-10-8(2)6-9-7-11(10)12(9,3)4/h2*8-11H,5-7H2,1-4H3/t2*8-,9-,10-,11-/m11/s1. The first-order chi connectivity index (χ1) is 11.1. The first-order valence-corrected chi connectivity index (χ1v) is 11.1. The Morgan fingerprint density at radius 1 is 0.625 bits per heavy atom. The topological polar surface area (TPSA) is 0 Å². The van der Waals surface area contributed by atoms with Crippen molar-refractivity contribution in [2.75, 3.05) is 0 Å². The maximum absolute atomic E-state index is 2.49. The van der Waals surface area contributed by atoms with Crippen LogP contribution < -0.4 is 0 Å². The molecule has 0 aromatic rings. The molecule has 0 heterocycles. The Kier molecular flexibility index (Phi) is 4.94. The molecule has 6 aliphatic carbocycles. The highest BCUT2D eigenvalue weighted by atomic mass is 14.6. The van der Waals surface area contributed by atoms with Gasteiger partial charge < -0.3 is 0 Å². The highest BCUT2D eigenvalue weighted by Crippen LogP contribution is 2.64. The highest BCUT2D eigenvalue weighted by Gasteiger charge is 2.56. The minimum absolute atomic E-state index is 0.688. The third-order valence-corrected chi connectivity index (χ3v) is 9.84. The van der Waals surface area contributed by atoms with Crippen LogP contribution in [-0.4, -0.2) is 0 Å². The van der Waals surface area contributed by atoms with Crippen molar-refractivity contribution in [1.82, 2.24) is 0 Å². The van der Waals surface area contributed by atoms with E-state index in [0.717, 1.165) is 47.3 Å². The lowest BCUT2D eigenvalue weighted by Gasteiger charge is -2.62. The van der Waals surface area contributed by atoms with Gasteiger partial charge in [-0.2, -0.15) is 0 Å². The predicted octanol–water partition coefficient (Wildman–Crippen LogP) is 7.43. The molecule has 4 bridgehead atoms. The molecule has 8 atom stereocenters. The van der Waals surface area contributed by atoms with Crippen molar-refractivity contribution in [2.24, 2.45) is 58.2 Å². The Morgan fingerprint density at radius 3 is 1.17 bits per heavy atom. The fraction of sp³-hybridized carbons (Fsp3) is 1.00. The van der Waals surface area contributed by atoms with Gasteiger partial charge in [-0.15, -0.1) is 0 Å². The molecule has 140 valence electrons. The lowest BCUT2D eigenvalue weighted by Crippen LogP contribution is -2.54. The smallest absolute Gasteiger partial charge is 0.0295 e. The summed E-state index contributed by atoms with van der Waals surface area (Å²) < 4.78 is 0. The summed E-state index contributed by atoms with van der Waals surface area (Å²) in [5.74, 6) is 8.29. The van der Waals surface area contributed by atoms with Crippen molar-refractivity contribution in [3.63, 3.8) is 0 Å². The van der Waals surface area contributed by atoms with Crippen LogP contribution in [0.15, 0.2) is 0 Å². The quantitative estimate of drug-likeness (QED) is 0.493. The van der Waals surface area contributed by atoms with Crippen LogP contribution >= 0.6 is 0 Å². The van der Waals surface area contributed by atoms with Gasteiger partial charge in [0, 0.05) is 0 Å². The summed E-state index contributed by atoms with van der Waals surface area (Å²) in [7, 11) is 0. The van der Waals surface area contributed by atoms with E-state index in [2.05, 4.69) is 55.4 Å². The third kappa shape index (κ3) is 2.69. The lowest BCUT2D eigenvalue weighted by molar-refractivity contribution is -0.131. The second-order valence-electron chi connectivity index (χ2n) is 11.3. The van der Waals surface area contributed by atoms with Crippen molar-refractivity contribution >= 4 is 0 Å². The van der Waals surface area contributed by atoms with Crippen LogP contribution in [0.5, 0.6) is 0 Å². The Balaban J connectivity index is 0.000000141. The monoisotopic (exact) mass is 332 g/mol. The van der Waals surface area contributed by atoms with E-state index in [1.165, 1.54) is 38.5 Å². The Hall–Kier alpha value is 0. The van der Waals surface area contributed by atoms with E-state index in [1.807, 2.05) is 0 Å². The number of rotatable bonds is 2. The maximum Gasteiger partial charge on any atom is -0.0295 e. The summed E-state index contributed by atoms with van der Waals surface area (Å²) in [6.07, 6.45) is 8.89. The molecular formula is C24H44. The van der Waals surface area contributed by atoms with Crippen molar-refractivity contribution in [3.05, 3.63) is 0 Å². The summed E-state index contributed by atoms with van der Waals surface area (Å²) in [5.41, 5.74) is 1.38. The van der Waals surface area contributed by atoms with Gasteiger partial charge in [-0.1, -0.05) is 68.2 Å². The molecule has 0 saturated heterocycles. The van der Waals surface area contributed by atoms with Crippen LogP contribution in [0.1, 0.15) is 93.9 Å². The number of fused-ring (bicyclic) bond motifs is 4. The largest absolute Gasteiger partial charge is 0.0651 e. The van der Waals surface area contributed by atoms with Crippen molar-refractivity contribution < 1.29 is 0 Å². The fourth-order valence-electron chi connectivity index (χ4n) is 7.78. The molecule has 0 aromatic carbocycles. The molecule has 6 aliphatic rings. The number of hydrogen-bond acceptors (Lipinski definition) is 0. The zero-order chi connectivity index (χ0) is 17.9. The molecule has 6 rings (SSSR count). The average molecular weight is 333 g/mol. The summed E-state index contributed by atoms with van der Waals surface area (Å²) in [6.45, 7) is 19.6. The molecule has 0 aliphatic heterocycles. The van der Waals surface area contributed by atoms with Gasteiger partial charge in [0.2, 0.25) is 0 Å². The van der Waals surface area contributed by atoms with E-state index in [9.17, 15) is 0 Å². The van der Waals surface area contributed by atoms with Gasteiger partial charge in [0.1, 0.15) is 0 Å². The highest BCUT2D eigenvalue weighted by molar-refractivity contribution is 5.05. The van der Waals surface area contributed by atoms with E-state index >= 15 is 0 Å². The molecule has 0 amide bonds. The molecule has 0 unspecified atom stereocenters. The minimum atomic E-state index is 0.688. The molecule has 6 saturated carbocycles. The molecule has 0 aromatic heterocycles. The molecule has 24 heavy (non-hydrogen) atoms. The zero-order valence-corrected chi connectivity index (χ0v) is 17.9. The van der Waals surface area contributed by atoms with Crippen molar-refractivity contribution in [3.8, 4) is 0 Å². The van der Waals surface area contributed by atoms with Crippen LogP contribution in [0.3, 0.4) is 0 Å². The molecule has 0 spiro atoms. The van der Waals surface area contributed by atoms with E-state index in [0.29, 0.717) is 10.8 Å². The van der Waals surface area contributed by atoms with Crippen molar-refractivity contribution in [1.29, 1.82) is 0 Å². The van der Waals surface area contributed by atoms with E-state index in [4.69, 9.17) is 0 Å². The summed E-state index contributed by atoms with van der Waals surface area (Å²) >= 11 is 0. The average Bonchev–Trinajstić information content (AvgIpc) is 2.54. The van der Waals surface area contributed by atoms with Crippen molar-refractivity contribution in [2.45, 2.75) is 93.9 Å². The third-order valence-electron chi connectivity index (χ3n) is 9.84. The van der Waals surface area contributed by atoms with Gasteiger partial charge in [-0.25, -0.2) is 0 Å². The summed E-state index contributed by atoms with van der Waals surface area (Å²) in [4.78, 5) is 0. The van der Waals surface area contributed by atoms with Crippen LogP contribution in [-0.2, 0) is 0 Å². The second-order valence-corrected chi connectivity index (χ2v) is 11.3. The fourth-order valence-corrected chi connectivity index (χ4v) is 7.78. The van der Waals surface area contributed by atoms with Crippen LogP contribution in [0, 0.1) is 58.2 Å². The lowest BCUT2D eigenvalue weighted by atomic mass is 9.43. The van der Waals surface area contributed by atoms with Crippen LogP contribution in [0.25, 0.3) is 0 Å². The van der Waals surface area contributed by atoms with Gasteiger partial charge in [-0.05, 0) is 83.9 Å². The second kappa shape index (κ2) is 6.31. The van der Waals surface area contributed by atoms with E-state index < -0.39 is 0 Å². The van der Waals surface area contributed by atoms with Crippen LogP contribution in [0.4, 0.5) is 0 Å². The molecule has 0 nitrogen and oxygen atoms in total. The Labute approximate surface area is 152 Å². The van der Waals surface area contributed by atoms with Gasteiger partial charge in [0.05, 0.1) is 0 Å². The van der Waals surface area contributed by atoms with Gasteiger partial charge >= 0.3 is 0 Å². The molecule has 0 heteroatoms. The normalized spacial score (nSPS) is 50.0. The van der Waals surface area contributed by atoms with E-state index in [1.54, 1.807) is 0 Å².